The largest absolute Gasteiger partial charge is 0.298 e. The van der Waals surface area contributed by atoms with E-state index in [1.54, 1.807) is 12.1 Å². The zero-order valence-corrected chi connectivity index (χ0v) is 12.1. The number of nitrogens with zero attached hydrogens (tertiary/aromatic N) is 1. The van der Waals surface area contributed by atoms with Crippen LogP contribution in [-0.4, -0.2) is 24.5 Å². The van der Waals surface area contributed by atoms with Crippen LogP contribution in [0.5, 0.6) is 0 Å². The van der Waals surface area contributed by atoms with Gasteiger partial charge >= 0.3 is 0 Å². The lowest BCUT2D eigenvalue weighted by atomic mass is 9.88. The van der Waals surface area contributed by atoms with Crippen LogP contribution in [0.3, 0.4) is 0 Å². The van der Waals surface area contributed by atoms with Gasteiger partial charge in [0.25, 0.3) is 0 Å². The minimum absolute atomic E-state index is 0.177. The molecule has 0 amide bonds. The second kappa shape index (κ2) is 6.23. The predicted octanol–water partition coefficient (Wildman–Crippen LogP) is 4.00. The van der Waals surface area contributed by atoms with Gasteiger partial charge in [-0.25, -0.2) is 4.39 Å². The molecule has 0 radical (unpaired) electrons. The van der Waals surface area contributed by atoms with Crippen molar-refractivity contribution >= 4 is 0 Å². The summed E-state index contributed by atoms with van der Waals surface area (Å²) in [5.41, 5.74) is 3.95. The van der Waals surface area contributed by atoms with E-state index in [1.165, 1.54) is 16.7 Å². The Kier molecular flexibility index (Phi) is 4.16. The maximum atomic E-state index is 13.2. The first kappa shape index (κ1) is 14.0. The van der Waals surface area contributed by atoms with Crippen LogP contribution >= 0.6 is 0 Å². The number of benzene rings is 2. The van der Waals surface area contributed by atoms with Crippen molar-refractivity contribution in [3.63, 3.8) is 0 Å². The fourth-order valence-electron chi connectivity index (χ4n) is 3.16. The first-order valence-electron chi connectivity index (χ1n) is 7.44. The van der Waals surface area contributed by atoms with Crippen LogP contribution < -0.4 is 0 Å². The Morgan fingerprint density at radius 3 is 2.67 bits per heavy atom. The van der Waals surface area contributed by atoms with Crippen molar-refractivity contribution in [1.29, 1.82) is 0 Å². The third-order valence-corrected chi connectivity index (χ3v) is 4.23. The van der Waals surface area contributed by atoms with Crippen molar-refractivity contribution in [3.8, 4) is 0 Å². The molecular formula is C19H20FN. The van der Waals surface area contributed by atoms with E-state index in [0.717, 1.165) is 26.1 Å². The zero-order valence-electron chi connectivity index (χ0n) is 12.1. The highest BCUT2D eigenvalue weighted by molar-refractivity contribution is 5.39. The normalized spacial score (nSPS) is 18.8. The summed E-state index contributed by atoms with van der Waals surface area (Å²) in [6.45, 7) is 6.74. The lowest BCUT2D eigenvalue weighted by Gasteiger charge is -2.24. The summed E-state index contributed by atoms with van der Waals surface area (Å²) in [5, 5.41) is 0. The summed E-state index contributed by atoms with van der Waals surface area (Å²) in [6.07, 6.45) is 3.01. The molecule has 1 aliphatic rings. The van der Waals surface area contributed by atoms with Gasteiger partial charge in [-0.15, -0.1) is 6.58 Å². The van der Waals surface area contributed by atoms with Gasteiger partial charge in [-0.1, -0.05) is 42.5 Å². The molecule has 2 aromatic carbocycles. The summed E-state index contributed by atoms with van der Waals surface area (Å²) < 4.78 is 13.2. The number of halogens is 1. The average molecular weight is 281 g/mol. The van der Waals surface area contributed by atoms with Crippen molar-refractivity contribution < 1.29 is 4.39 Å². The van der Waals surface area contributed by atoms with Gasteiger partial charge in [-0.2, -0.15) is 0 Å². The predicted molar refractivity (Wildman–Crippen MR) is 85.0 cm³/mol. The Morgan fingerprint density at radius 1 is 1.14 bits per heavy atom. The maximum Gasteiger partial charge on any atom is 0.123 e. The van der Waals surface area contributed by atoms with Crippen LogP contribution in [0.25, 0.3) is 0 Å². The summed E-state index contributed by atoms with van der Waals surface area (Å²) in [5.74, 6) is 0.118. The van der Waals surface area contributed by atoms with Crippen LogP contribution in [-0.2, 0) is 6.42 Å². The van der Waals surface area contributed by atoms with E-state index in [0.29, 0.717) is 5.92 Å². The first-order chi connectivity index (χ1) is 10.3. The van der Waals surface area contributed by atoms with E-state index in [2.05, 4.69) is 35.7 Å². The summed E-state index contributed by atoms with van der Waals surface area (Å²) in [4.78, 5) is 2.42. The lowest BCUT2D eigenvalue weighted by Crippen LogP contribution is -2.28. The van der Waals surface area contributed by atoms with Gasteiger partial charge in [0, 0.05) is 25.6 Å². The molecule has 2 aromatic rings. The number of hydrogen-bond acceptors (Lipinski definition) is 1. The lowest BCUT2D eigenvalue weighted by molar-refractivity contribution is 0.306. The van der Waals surface area contributed by atoms with Gasteiger partial charge in [0.2, 0.25) is 0 Å². The van der Waals surface area contributed by atoms with Gasteiger partial charge in [0.05, 0.1) is 0 Å². The third kappa shape index (κ3) is 3.06. The second-order valence-electron chi connectivity index (χ2n) is 5.60. The molecule has 108 valence electrons. The number of hydrogen-bond donors (Lipinski definition) is 0. The quantitative estimate of drug-likeness (QED) is 0.769. The summed E-state index contributed by atoms with van der Waals surface area (Å²) >= 11 is 0. The van der Waals surface area contributed by atoms with E-state index >= 15 is 0 Å². The summed E-state index contributed by atoms with van der Waals surface area (Å²) in [7, 11) is 0. The van der Waals surface area contributed by atoms with Crippen molar-refractivity contribution in [2.45, 2.75) is 12.3 Å². The second-order valence-corrected chi connectivity index (χ2v) is 5.60. The molecule has 0 N–H and O–H groups in total. The van der Waals surface area contributed by atoms with E-state index in [1.807, 2.05) is 18.2 Å². The van der Waals surface area contributed by atoms with Crippen LogP contribution in [0.4, 0.5) is 4.39 Å². The molecule has 1 unspecified atom stereocenters. The SMILES string of the molecule is C=CCN1CCc2ccccc2C(c2ccc(F)cc2)C1. The minimum Gasteiger partial charge on any atom is -0.298 e. The number of rotatable bonds is 3. The molecule has 2 heteroatoms. The molecule has 0 fully saturated rings. The molecule has 0 bridgehead atoms. The van der Waals surface area contributed by atoms with E-state index < -0.39 is 0 Å². The van der Waals surface area contributed by atoms with Gasteiger partial charge < -0.3 is 0 Å². The topological polar surface area (TPSA) is 3.24 Å². The van der Waals surface area contributed by atoms with E-state index in [4.69, 9.17) is 0 Å². The molecule has 0 saturated carbocycles. The monoisotopic (exact) mass is 281 g/mol. The molecule has 1 nitrogen and oxygen atoms in total. The van der Waals surface area contributed by atoms with E-state index in [9.17, 15) is 4.39 Å². The van der Waals surface area contributed by atoms with Gasteiger partial charge in [0.15, 0.2) is 0 Å². The van der Waals surface area contributed by atoms with Crippen LogP contribution in [0, 0.1) is 5.82 Å². The fraction of sp³-hybridized carbons (Fsp3) is 0.263. The van der Waals surface area contributed by atoms with Crippen molar-refractivity contribution in [2.75, 3.05) is 19.6 Å². The average Bonchev–Trinajstić information content (AvgIpc) is 2.69. The zero-order chi connectivity index (χ0) is 14.7. The van der Waals surface area contributed by atoms with Gasteiger partial charge in [-0.05, 0) is 35.2 Å². The highest BCUT2D eigenvalue weighted by atomic mass is 19.1. The smallest absolute Gasteiger partial charge is 0.123 e. The molecular weight excluding hydrogens is 261 g/mol. The van der Waals surface area contributed by atoms with Gasteiger partial charge in [-0.3, -0.25) is 4.90 Å². The third-order valence-electron chi connectivity index (χ3n) is 4.23. The Morgan fingerprint density at radius 2 is 1.90 bits per heavy atom. The molecule has 21 heavy (non-hydrogen) atoms. The Balaban J connectivity index is 2.00. The molecule has 0 aliphatic carbocycles. The molecule has 0 saturated heterocycles. The van der Waals surface area contributed by atoms with Crippen LogP contribution in [0.2, 0.25) is 0 Å². The highest BCUT2D eigenvalue weighted by Gasteiger charge is 2.23. The summed E-state index contributed by atoms with van der Waals surface area (Å²) in [6, 6.07) is 15.6. The molecule has 3 rings (SSSR count). The van der Waals surface area contributed by atoms with Crippen molar-refractivity contribution in [1.82, 2.24) is 4.90 Å². The number of fused-ring (bicyclic) bond motifs is 1. The van der Waals surface area contributed by atoms with Crippen LogP contribution in [0.15, 0.2) is 61.2 Å². The fourth-order valence-corrected chi connectivity index (χ4v) is 3.16. The Bertz CT molecular complexity index is 618. The minimum atomic E-state index is -0.177. The van der Waals surface area contributed by atoms with E-state index in [-0.39, 0.29) is 5.82 Å². The van der Waals surface area contributed by atoms with Crippen molar-refractivity contribution in [3.05, 3.63) is 83.7 Å². The van der Waals surface area contributed by atoms with Gasteiger partial charge in [0.1, 0.15) is 5.82 Å². The maximum absolute atomic E-state index is 13.2. The first-order valence-corrected chi connectivity index (χ1v) is 7.44. The molecule has 1 aliphatic heterocycles. The van der Waals surface area contributed by atoms with Crippen LogP contribution in [0.1, 0.15) is 22.6 Å². The molecule has 0 aromatic heterocycles. The molecule has 1 heterocycles. The highest BCUT2D eigenvalue weighted by Crippen LogP contribution is 2.31. The van der Waals surface area contributed by atoms with Crippen molar-refractivity contribution in [2.24, 2.45) is 0 Å². The standard InChI is InChI=1S/C19H20FN/c1-2-12-21-13-11-15-5-3-4-6-18(15)19(14-21)16-7-9-17(20)10-8-16/h2-10,19H,1,11-14H2. The Labute approximate surface area is 125 Å². The Hall–Kier alpha value is -1.93. The molecule has 0 spiro atoms. The molecule has 1 atom stereocenters.